The molecule has 0 bridgehead atoms. The van der Waals surface area contributed by atoms with Crippen molar-refractivity contribution in [3.63, 3.8) is 0 Å². The van der Waals surface area contributed by atoms with Crippen LogP contribution in [0.25, 0.3) is 0 Å². The maximum Gasteiger partial charge on any atom is 0.333 e. The van der Waals surface area contributed by atoms with E-state index in [1.165, 1.54) is 5.01 Å². The van der Waals surface area contributed by atoms with E-state index in [1.54, 1.807) is 32.3 Å². The maximum absolute atomic E-state index is 11.4. The van der Waals surface area contributed by atoms with E-state index in [2.05, 4.69) is 10.7 Å². The number of hydrogen-bond acceptors (Lipinski definition) is 3. The molecule has 0 aliphatic rings. The highest BCUT2D eigenvalue weighted by molar-refractivity contribution is 5.88. The van der Waals surface area contributed by atoms with E-state index in [1.807, 2.05) is 6.07 Å². The minimum atomic E-state index is -0.835. The van der Waals surface area contributed by atoms with Gasteiger partial charge in [-0.3, -0.25) is 10.2 Å². The number of carbonyl (C=O) groups is 2. The Hall–Kier alpha value is -2.08. The Labute approximate surface area is 106 Å². The zero-order valence-electron chi connectivity index (χ0n) is 10.4. The molecule has 2 amide bonds. The molecule has 6 heteroatoms. The largest absolute Gasteiger partial charge is 0.481 e. The predicted molar refractivity (Wildman–Crippen MR) is 68.2 cm³/mol. The Bertz CT molecular complexity index is 432. The number of benzene rings is 1. The van der Waals surface area contributed by atoms with Crippen LogP contribution in [0.3, 0.4) is 0 Å². The van der Waals surface area contributed by atoms with Gasteiger partial charge in [0.05, 0.1) is 0 Å². The van der Waals surface area contributed by atoms with Gasteiger partial charge in [0.2, 0.25) is 0 Å². The topological polar surface area (TPSA) is 81.7 Å². The first-order valence-corrected chi connectivity index (χ1v) is 5.53. The van der Waals surface area contributed by atoms with E-state index in [-0.39, 0.29) is 12.5 Å². The Morgan fingerprint density at radius 2 is 2.06 bits per heavy atom. The molecule has 6 nitrogen and oxygen atoms in total. The second-order valence-electron chi connectivity index (χ2n) is 4.05. The molecule has 0 aromatic heterocycles. The van der Waals surface area contributed by atoms with Crippen molar-refractivity contribution in [2.75, 3.05) is 19.4 Å². The summed E-state index contributed by atoms with van der Waals surface area (Å²) in [6, 6.07) is 6.79. The van der Waals surface area contributed by atoms with E-state index in [0.29, 0.717) is 12.1 Å². The molecule has 1 aromatic carbocycles. The first kappa shape index (κ1) is 14.0. The fourth-order valence-corrected chi connectivity index (χ4v) is 1.42. The lowest BCUT2D eigenvalue weighted by Crippen LogP contribution is -2.39. The van der Waals surface area contributed by atoms with Crippen LogP contribution in [-0.4, -0.2) is 36.2 Å². The minimum Gasteiger partial charge on any atom is -0.481 e. The van der Waals surface area contributed by atoms with Gasteiger partial charge in [-0.1, -0.05) is 12.1 Å². The van der Waals surface area contributed by atoms with Crippen LogP contribution in [0.4, 0.5) is 10.5 Å². The normalized spacial score (nSPS) is 10.2. The zero-order valence-corrected chi connectivity index (χ0v) is 10.4. The van der Waals surface area contributed by atoms with Crippen LogP contribution in [-0.2, 0) is 11.2 Å². The lowest BCUT2D eigenvalue weighted by molar-refractivity contribution is -0.136. The molecule has 1 rings (SSSR count). The lowest BCUT2D eigenvalue weighted by atomic mass is 10.1. The number of anilines is 1. The minimum absolute atomic E-state index is 0.0767. The molecule has 18 heavy (non-hydrogen) atoms. The molecule has 0 aliphatic carbocycles. The number of hydrazine groups is 1. The highest BCUT2D eigenvalue weighted by Crippen LogP contribution is 2.12. The van der Waals surface area contributed by atoms with Crippen LogP contribution < -0.4 is 10.7 Å². The third-order valence-corrected chi connectivity index (χ3v) is 2.14. The first-order chi connectivity index (χ1) is 8.47. The molecule has 0 atom stereocenters. The Morgan fingerprint density at radius 1 is 1.33 bits per heavy atom. The van der Waals surface area contributed by atoms with E-state index in [4.69, 9.17) is 5.11 Å². The molecule has 0 spiro atoms. The summed E-state index contributed by atoms with van der Waals surface area (Å²) in [6.45, 7) is 0. The molecule has 98 valence electrons. The van der Waals surface area contributed by atoms with Crippen molar-refractivity contribution in [1.82, 2.24) is 10.4 Å². The van der Waals surface area contributed by atoms with Crippen molar-refractivity contribution in [2.24, 2.45) is 0 Å². The standard InChI is InChI=1S/C12H17N3O3/c1-15(2)14-12(18)13-10-5-3-4-9(8-10)6-7-11(16)17/h3-5,8H,6-7H2,1-2H3,(H,16,17)(H2,13,14,18). The number of aliphatic carboxylic acids is 1. The van der Waals surface area contributed by atoms with E-state index >= 15 is 0 Å². The SMILES string of the molecule is CN(C)NC(=O)Nc1cccc(CCC(=O)O)c1. The fraction of sp³-hybridized carbons (Fsp3) is 0.333. The molecule has 0 aliphatic heterocycles. The molecular weight excluding hydrogens is 234 g/mol. The number of carboxylic acids is 1. The van der Waals surface area contributed by atoms with Gasteiger partial charge in [-0.25, -0.2) is 9.80 Å². The summed E-state index contributed by atoms with van der Waals surface area (Å²) in [6.07, 6.45) is 0.521. The summed E-state index contributed by atoms with van der Waals surface area (Å²) in [7, 11) is 3.42. The molecule has 0 radical (unpaired) electrons. The third-order valence-electron chi connectivity index (χ3n) is 2.14. The van der Waals surface area contributed by atoms with Crippen LogP contribution >= 0.6 is 0 Å². The van der Waals surface area contributed by atoms with Gasteiger partial charge in [0.1, 0.15) is 0 Å². The summed E-state index contributed by atoms with van der Waals surface area (Å²) in [5.74, 6) is -0.835. The Kier molecular flexibility index (Phi) is 5.13. The van der Waals surface area contributed by atoms with Crippen molar-refractivity contribution in [3.05, 3.63) is 29.8 Å². The Balaban J connectivity index is 2.59. The number of carbonyl (C=O) groups excluding carboxylic acids is 1. The number of aryl methyl sites for hydroxylation is 1. The molecule has 0 saturated carbocycles. The molecule has 0 saturated heterocycles. The molecule has 0 fully saturated rings. The van der Waals surface area contributed by atoms with E-state index in [0.717, 1.165) is 5.56 Å². The van der Waals surface area contributed by atoms with Gasteiger partial charge in [0.15, 0.2) is 0 Å². The van der Waals surface area contributed by atoms with Crippen LogP contribution in [0.2, 0.25) is 0 Å². The zero-order chi connectivity index (χ0) is 13.5. The molecular formula is C12H17N3O3. The van der Waals surface area contributed by atoms with Crippen LogP contribution in [0.5, 0.6) is 0 Å². The van der Waals surface area contributed by atoms with Crippen molar-refractivity contribution in [2.45, 2.75) is 12.8 Å². The van der Waals surface area contributed by atoms with Gasteiger partial charge in [-0.2, -0.15) is 0 Å². The summed E-state index contributed by atoms with van der Waals surface area (Å²) < 4.78 is 0. The van der Waals surface area contributed by atoms with Crippen molar-refractivity contribution >= 4 is 17.7 Å². The summed E-state index contributed by atoms with van der Waals surface area (Å²) in [5.41, 5.74) is 4.06. The van der Waals surface area contributed by atoms with Crippen molar-refractivity contribution in [3.8, 4) is 0 Å². The number of urea groups is 1. The number of hydrogen-bond donors (Lipinski definition) is 3. The number of nitrogens with zero attached hydrogens (tertiary/aromatic N) is 1. The smallest absolute Gasteiger partial charge is 0.333 e. The molecule has 0 heterocycles. The first-order valence-electron chi connectivity index (χ1n) is 5.53. The van der Waals surface area contributed by atoms with Gasteiger partial charge in [0, 0.05) is 26.2 Å². The summed E-state index contributed by atoms with van der Waals surface area (Å²) >= 11 is 0. The second kappa shape index (κ2) is 6.61. The van der Waals surface area contributed by atoms with Crippen molar-refractivity contribution < 1.29 is 14.7 Å². The monoisotopic (exact) mass is 251 g/mol. The highest BCUT2D eigenvalue weighted by atomic mass is 16.4. The predicted octanol–water partition coefficient (Wildman–Crippen LogP) is 1.30. The molecule has 3 N–H and O–H groups in total. The van der Waals surface area contributed by atoms with Gasteiger partial charge in [-0.15, -0.1) is 0 Å². The number of amides is 2. The number of carboxylic acid groups (broad SMARTS) is 1. The molecule has 1 aromatic rings. The van der Waals surface area contributed by atoms with E-state index < -0.39 is 5.97 Å². The molecule has 0 unspecified atom stereocenters. The number of rotatable bonds is 5. The average molecular weight is 251 g/mol. The van der Waals surface area contributed by atoms with Gasteiger partial charge in [0.25, 0.3) is 0 Å². The fourth-order valence-electron chi connectivity index (χ4n) is 1.42. The average Bonchev–Trinajstić information content (AvgIpc) is 2.25. The van der Waals surface area contributed by atoms with Crippen LogP contribution in [0.15, 0.2) is 24.3 Å². The van der Waals surface area contributed by atoms with Crippen LogP contribution in [0.1, 0.15) is 12.0 Å². The van der Waals surface area contributed by atoms with Gasteiger partial charge < -0.3 is 10.4 Å². The quantitative estimate of drug-likeness (QED) is 0.689. The second-order valence-corrected chi connectivity index (χ2v) is 4.05. The summed E-state index contributed by atoms with van der Waals surface area (Å²) in [5, 5.41) is 12.8. The van der Waals surface area contributed by atoms with Crippen molar-refractivity contribution in [1.29, 1.82) is 0 Å². The van der Waals surface area contributed by atoms with Crippen LogP contribution in [0, 0.1) is 0 Å². The highest BCUT2D eigenvalue weighted by Gasteiger charge is 2.04. The van der Waals surface area contributed by atoms with E-state index in [9.17, 15) is 9.59 Å². The summed E-state index contributed by atoms with van der Waals surface area (Å²) in [4.78, 5) is 21.9. The third kappa shape index (κ3) is 5.31. The maximum atomic E-state index is 11.4. The van der Waals surface area contributed by atoms with Gasteiger partial charge in [-0.05, 0) is 24.1 Å². The van der Waals surface area contributed by atoms with Gasteiger partial charge >= 0.3 is 12.0 Å². The lowest BCUT2D eigenvalue weighted by Gasteiger charge is -2.13. The Morgan fingerprint density at radius 3 is 2.67 bits per heavy atom. The number of nitrogens with one attached hydrogen (secondary N) is 2.